The molecule has 1 aliphatic rings. The van der Waals surface area contributed by atoms with Crippen LogP contribution in [0.15, 0.2) is 0 Å². The van der Waals surface area contributed by atoms with Crippen molar-refractivity contribution in [2.75, 3.05) is 0 Å². The number of rotatable bonds is 2. The molecule has 1 saturated heterocycles. The maximum atomic E-state index is 10.9. The van der Waals surface area contributed by atoms with Gasteiger partial charge in [0.05, 0.1) is 0 Å². The van der Waals surface area contributed by atoms with Gasteiger partial charge in [0.25, 0.3) is 0 Å². The Kier molecular flexibility index (Phi) is 3.31. The summed E-state index contributed by atoms with van der Waals surface area (Å²) in [5.74, 6) is -1.50. The van der Waals surface area contributed by atoms with E-state index in [2.05, 4.69) is 4.74 Å². The van der Waals surface area contributed by atoms with Gasteiger partial charge in [-0.05, 0) is 6.42 Å². The van der Waals surface area contributed by atoms with E-state index in [1.807, 2.05) is 0 Å². The molecule has 88 valence electrons. The molecule has 0 radical (unpaired) electrons. The average Bonchev–Trinajstić information content (AvgIpc) is 2.20. The summed E-state index contributed by atoms with van der Waals surface area (Å²) in [5, 5.41) is 46.1. The Morgan fingerprint density at radius 3 is 2.20 bits per heavy atom. The maximum Gasteiger partial charge on any atom is 0.338 e. The zero-order valence-corrected chi connectivity index (χ0v) is 8.07. The van der Waals surface area contributed by atoms with Gasteiger partial charge >= 0.3 is 5.97 Å². The number of carbonyl (C=O) groups is 1. The van der Waals surface area contributed by atoms with Gasteiger partial charge in [0.1, 0.15) is 18.3 Å². The molecule has 1 rings (SSSR count). The third-order valence-electron chi connectivity index (χ3n) is 2.66. The SMILES string of the molecule is CC[C@]1(C(=O)O)OC(O)[C@H](O)[C@@H](O)[C@@H]1O. The van der Waals surface area contributed by atoms with Crippen LogP contribution in [-0.4, -0.2) is 61.7 Å². The monoisotopic (exact) mass is 222 g/mol. The van der Waals surface area contributed by atoms with Crippen LogP contribution in [-0.2, 0) is 9.53 Å². The summed E-state index contributed by atoms with van der Waals surface area (Å²) in [6.45, 7) is 1.43. The van der Waals surface area contributed by atoms with Crippen molar-refractivity contribution in [3.05, 3.63) is 0 Å². The molecule has 1 aliphatic heterocycles. The Morgan fingerprint density at radius 2 is 1.80 bits per heavy atom. The molecule has 0 spiro atoms. The molecule has 5 N–H and O–H groups in total. The van der Waals surface area contributed by atoms with Crippen LogP contribution in [0, 0.1) is 0 Å². The fraction of sp³-hybridized carbons (Fsp3) is 0.875. The van der Waals surface area contributed by atoms with Crippen molar-refractivity contribution in [3.63, 3.8) is 0 Å². The Morgan fingerprint density at radius 1 is 1.27 bits per heavy atom. The van der Waals surface area contributed by atoms with Crippen LogP contribution in [0.4, 0.5) is 0 Å². The Hall–Kier alpha value is -0.730. The second-order valence-corrected chi connectivity index (χ2v) is 3.48. The van der Waals surface area contributed by atoms with Gasteiger partial charge in [0.2, 0.25) is 0 Å². The molecule has 7 nitrogen and oxygen atoms in total. The van der Waals surface area contributed by atoms with Crippen LogP contribution < -0.4 is 0 Å². The summed E-state index contributed by atoms with van der Waals surface area (Å²) >= 11 is 0. The van der Waals surface area contributed by atoms with E-state index in [1.165, 1.54) is 6.92 Å². The second-order valence-electron chi connectivity index (χ2n) is 3.48. The molecular formula is C8H14O7. The first-order chi connectivity index (χ1) is 6.86. The molecule has 15 heavy (non-hydrogen) atoms. The average molecular weight is 222 g/mol. The van der Waals surface area contributed by atoms with Crippen LogP contribution in [0.3, 0.4) is 0 Å². The molecule has 7 heteroatoms. The lowest BCUT2D eigenvalue weighted by Crippen LogP contribution is -2.67. The summed E-state index contributed by atoms with van der Waals surface area (Å²) < 4.78 is 4.68. The normalized spacial score (nSPS) is 46.5. The van der Waals surface area contributed by atoms with Gasteiger partial charge in [-0.25, -0.2) is 4.79 Å². The molecule has 0 bridgehead atoms. The minimum absolute atomic E-state index is 0.148. The van der Waals surface area contributed by atoms with Crippen LogP contribution in [0.5, 0.6) is 0 Å². The van der Waals surface area contributed by atoms with Crippen molar-refractivity contribution in [2.24, 2.45) is 0 Å². The topological polar surface area (TPSA) is 127 Å². The quantitative estimate of drug-likeness (QED) is 0.354. The van der Waals surface area contributed by atoms with E-state index in [9.17, 15) is 20.1 Å². The lowest BCUT2D eigenvalue weighted by Gasteiger charge is -2.44. The van der Waals surface area contributed by atoms with E-state index in [4.69, 9.17) is 10.2 Å². The molecule has 1 fully saturated rings. The number of aliphatic hydroxyl groups is 4. The molecule has 5 atom stereocenters. The summed E-state index contributed by atoms with van der Waals surface area (Å²) in [6, 6.07) is 0. The highest BCUT2D eigenvalue weighted by atomic mass is 16.7. The first kappa shape index (κ1) is 12.3. The van der Waals surface area contributed by atoms with Crippen LogP contribution in [0.25, 0.3) is 0 Å². The number of ether oxygens (including phenoxy) is 1. The smallest absolute Gasteiger partial charge is 0.338 e. The van der Waals surface area contributed by atoms with Crippen LogP contribution in [0.2, 0.25) is 0 Å². The number of hydrogen-bond acceptors (Lipinski definition) is 6. The Bertz CT molecular complexity index is 255. The fourth-order valence-corrected chi connectivity index (χ4v) is 1.61. The Balaban J connectivity index is 3.04. The van der Waals surface area contributed by atoms with E-state index < -0.39 is 36.2 Å². The number of carboxylic acids is 1. The first-order valence-electron chi connectivity index (χ1n) is 4.50. The standard InChI is InChI=1S/C8H14O7/c1-2-8(7(13)14)5(11)3(9)4(10)6(12)15-8/h3-6,9-12H,2H2,1H3,(H,13,14)/t3-,4-,5+,6?,8+/m1/s1. The fourth-order valence-electron chi connectivity index (χ4n) is 1.61. The summed E-state index contributed by atoms with van der Waals surface area (Å²) in [5.41, 5.74) is -2.09. The highest BCUT2D eigenvalue weighted by molar-refractivity contribution is 5.78. The molecular weight excluding hydrogens is 208 g/mol. The van der Waals surface area contributed by atoms with Crippen LogP contribution in [0.1, 0.15) is 13.3 Å². The van der Waals surface area contributed by atoms with Crippen molar-refractivity contribution in [1.29, 1.82) is 0 Å². The Labute approximate surface area is 85.5 Å². The molecule has 0 aromatic carbocycles. The minimum Gasteiger partial charge on any atom is -0.479 e. The van der Waals surface area contributed by atoms with Gasteiger partial charge in [-0.2, -0.15) is 0 Å². The molecule has 0 amide bonds. The highest BCUT2D eigenvalue weighted by Crippen LogP contribution is 2.32. The number of hydrogen-bond donors (Lipinski definition) is 5. The lowest BCUT2D eigenvalue weighted by molar-refractivity contribution is -0.315. The van der Waals surface area contributed by atoms with Crippen LogP contribution >= 0.6 is 0 Å². The predicted molar refractivity (Wildman–Crippen MR) is 45.8 cm³/mol. The lowest BCUT2D eigenvalue weighted by atomic mass is 9.85. The molecule has 1 heterocycles. The van der Waals surface area contributed by atoms with Gasteiger partial charge in [-0.3, -0.25) is 0 Å². The van der Waals surface area contributed by atoms with E-state index in [0.29, 0.717) is 0 Å². The van der Waals surface area contributed by atoms with E-state index in [1.54, 1.807) is 0 Å². The van der Waals surface area contributed by atoms with Gasteiger partial charge < -0.3 is 30.3 Å². The highest BCUT2D eigenvalue weighted by Gasteiger charge is 2.56. The van der Waals surface area contributed by atoms with Crippen molar-refractivity contribution in [2.45, 2.75) is 43.5 Å². The molecule has 0 aromatic rings. The van der Waals surface area contributed by atoms with E-state index >= 15 is 0 Å². The molecule has 1 unspecified atom stereocenters. The van der Waals surface area contributed by atoms with Gasteiger partial charge in [-0.1, -0.05) is 6.92 Å². The van der Waals surface area contributed by atoms with E-state index in [-0.39, 0.29) is 6.42 Å². The maximum absolute atomic E-state index is 10.9. The van der Waals surface area contributed by atoms with Crippen molar-refractivity contribution in [1.82, 2.24) is 0 Å². The minimum atomic E-state index is -2.09. The van der Waals surface area contributed by atoms with Crippen molar-refractivity contribution < 1.29 is 35.1 Å². The number of aliphatic hydroxyl groups excluding tert-OH is 4. The molecule has 0 aromatic heterocycles. The van der Waals surface area contributed by atoms with Crippen molar-refractivity contribution >= 4 is 5.97 Å². The zero-order valence-electron chi connectivity index (χ0n) is 8.07. The third kappa shape index (κ3) is 1.72. The van der Waals surface area contributed by atoms with Gasteiger partial charge in [0.15, 0.2) is 11.9 Å². The number of aliphatic carboxylic acids is 1. The number of carboxylic acid groups (broad SMARTS) is 1. The van der Waals surface area contributed by atoms with Crippen molar-refractivity contribution in [3.8, 4) is 0 Å². The summed E-state index contributed by atoms with van der Waals surface area (Å²) in [7, 11) is 0. The van der Waals surface area contributed by atoms with E-state index in [0.717, 1.165) is 0 Å². The molecule has 0 aliphatic carbocycles. The summed E-state index contributed by atoms with van der Waals surface area (Å²) in [6.07, 6.45) is -7.26. The third-order valence-corrected chi connectivity index (χ3v) is 2.66. The summed E-state index contributed by atoms with van der Waals surface area (Å²) in [4.78, 5) is 10.9. The second kappa shape index (κ2) is 4.03. The molecule has 0 saturated carbocycles. The largest absolute Gasteiger partial charge is 0.479 e. The zero-order chi connectivity index (χ0) is 11.8. The first-order valence-corrected chi connectivity index (χ1v) is 4.50. The van der Waals surface area contributed by atoms with Gasteiger partial charge in [0, 0.05) is 0 Å². The van der Waals surface area contributed by atoms with Gasteiger partial charge in [-0.15, -0.1) is 0 Å². The predicted octanol–water partition coefficient (Wildman–Crippen LogP) is -2.35.